The van der Waals surface area contributed by atoms with Gasteiger partial charge in [0.2, 0.25) is 0 Å². The molecule has 19 heteroatoms. The molecule has 0 spiro atoms. The van der Waals surface area contributed by atoms with Crippen LogP contribution in [0.4, 0.5) is 0 Å². The van der Waals surface area contributed by atoms with Crippen LogP contribution < -0.4 is 0 Å². The number of rotatable bonds is 70. The summed E-state index contributed by atoms with van der Waals surface area (Å²) in [7, 11) is -9.92. The number of phosphoric acid groups is 2. The van der Waals surface area contributed by atoms with Gasteiger partial charge < -0.3 is 33.8 Å². The van der Waals surface area contributed by atoms with Crippen molar-refractivity contribution in [1.82, 2.24) is 0 Å². The van der Waals surface area contributed by atoms with Crippen LogP contribution in [0.1, 0.15) is 350 Å². The highest BCUT2D eigenvalue weighted by Gasteiger charge is 2.30. The lowest BCUT2D eigenvalue weighted by Crippen LogP contribution is -2.30. The molecule has 0 bridgehead atoms. The normalized spacial score (nSPS) is 14.9. The minimum absolute atomic E-state index is 0.0846. The average Bonchev–Trinajstić information content (AvgIpc) is 3.62. The fourth-order valence-electron chi connectivity index (χ4n) is 10.6. The molecule has 0 radical (unpaired) electrons. The standard InChI is InChI=1S/C74H140O17P2/c1-8-11-12-13-14-15-16-17-18-21-25-28-34-43-50-57-73(78)90-69(61-84-71(76)55-48-41-33-27-24-22-19-20-23-26-31-38-45-52-65(4)5)63-88-92(80,81)86-59-68(75)60-87-93(82,83)89-64-70(62-85-72(77)56-49-42-37-36-40-47-54-67(7)10-3)91-74(79)58-51-44-35-30-29-32-39-46-53-66(6)9-2/h15-18,65-70,75H,8-14,19-64H2,1-7H3,(H,80,81)(H,82,83)/b16-15-,18-17-/t66?,67?,68-,69-,70-/m1/s1. The molecule has 0 aliphatic rings. The smallest absolute Gasteiger partial charge is 0.462 e. The number of ether oxygens (including phenoxy) is 4. The summed E-state index contributed by atoms with van der Waals surface area (Å²) >= 11 is 0. The van der Waals surface area contributed by atoms with Gasteiger partial charge in [-0.1, -0.05) is 297 Å². The molecule has 0 rings (SSSR count). The molecule has 4 unspecified atom stereocenters. The molecule has 0 amide bonds. The molecule has 0 aromatic rings. The largest absolute Gasteiger partial charge is 0.472 e. The maximum Gasteiger partial charge on any atom is 0.472 e. The van der Waals surface area contributed by atoms with Crippen LogP contribution in [0.2, 0.25) is 0 Å². The predicted molar refractivity (Wildman–Crippen MR) is 377 cm³/mol. The maximum absolute atomic E-state index is 13.1. The highest BCUT2D eigenvalue weighted by Crippen LogP contribution is 2.45. The number of allylic oxidation sites excluding steroid dienone is 4. The molecule has 3 N–H and O–H groups in total. The van der Waals surface area contributed by atoms with Gasteiger partial charge in [0.1, 0.15) is 19.3 Å². The summed E-state index contributed by atoms with van der Waals surface area (Å²) in [4.78, 5) is 72.7. The molecule has 0 aliphatic heterocycles. The third-order valence-corrected chi connectivity index (χ3v) is 19.1. The molecule has 548 valence electrons. The van der Waals surface area contributed by atoms with Crippen molar-refractivity contribution >= 4 is 39.5 Å². The number of esters is 4. The van der Waals surface area contributed by atoms with Gasteiger partial charge >= 0.3 is 39.5 Å². The molecule has 7 atom stereocenters. The fourth-order valence-corrected chi connectivity index (χ4v) is 12.2. The van der Waals surface area contributed by atoms with E-state index in [1.54, 1.807) is 0 Å². The van der Waals surface area contributed by atoms with Crippen LogP contribution in [-0.4, -0.2) is 96.7 Å². The molecule has 0 aromatic heterocycles. The molecule has 0 fully saturated rings. The van der Waals surface area contributed by atoms with E-state index >= 15 is 0 Å². The van der Waals surface area contributed by atoms with Crippen LogP contribution in [-0.2, 0) is 65.4 Å². The Bertz CT molecular complexity index is 1920. The first-order valence-electron chi connectivity index (χ1n) is 37.7. The lowest BCUT2D eigenvalue weighted by atomic mass is 9.99. The van der Waals surface area contributed by atoms with E-state index in [4.69, 9.17) is 37.0 Å². The zero-order valence-electron chi connectivity index (χ0n) is 60.2. The molecule has 0 aliphatic carbocycles. The highest BCUT2D eigenvalue weighted by molar-refractivity contribution is 7.47. The minimum Gasteiger partial charge on any atom is -0.462 e. The molecule has 0 aromatic carbocycles. The van der Waals surface area contributed by atoms with Crippen LogP contribution in [0.5, 0.6) is 0 Å². The minimum atomic E-state index is -4.96. The molecule has 93 heavy (non-hydrogen) atoms. The van der Waals surface area contributed by atoms with Gasteiger partial charge in [-0.2, -0.15) is 0 Å². The number of aliphatic hydroxyl groups excluding tert-OH is 1. The van der Waals surface area contributed by atoms with Crippen molar-refractivity contribution in [2.75, 3.05) is 39.6 Å². The highest BCUT2D eigenvalue weighted by atomic mass is 31.2. The van der Waals surface area contributed by atoms with Crippen molar-refractivity contribution in [1.29, 1.82) is 0 Å². The van der Waals surface area contributed by atoms with Crippen LogP contribution in [0.15, 0.2) is 24.3 Å². The second-order valence-electron chi connectivity index (χ2n) is 27.0. The summed E-state index contributed by atoms with van der Waals surface area (Å²) in [6.07, 6.45) is 52.1. The van der Waals surface area contributed by atoms with E-state index in [9.17, 15) is 43.2 Å². The third kappa shape index (κ3) is 65.3. The number of hydrogen-bond acceptors (Lipinski definition) is 15. The predicted octanol–water partition coefficient (Wildman–Crippen LogP) is 21.0. The van der Waals surface area contributed by atoms with E-state index in [-0.39, 0.29) is 25.7 Å². The summed E-state index contributed by atoms with van der Waals surface area (Å²) in [6.45, 7) is 11.8. The Labute approximate surface area is 567 Å². The van der Waals surface area contributed by atoms with E-state index in [1.807, 2.05) is 0 Å². The average molecular weight is 1360 g/mol. The van der Waals surface area contributed by atoms with Crippen molar-refractivity contribution < 1.29 is 80.2 Å². The lowest BCUT2D eigenvalue weighted by Gasteiger charge is -2.21. The number of unbranched alkanes of at least 4 members (excludes halogenated alkanes) is 33. The van der Waals surface area contributed by atoms with E-state index in [0.29, 0.717) is 25.7 Å². The van der Waals surface area contributed by atoms with Crippen LogP contribution in [0.3, 0.4) is 0 Å². The molecule has 17 nitrogen and oxygen atoms in total. The van der Waals surface area contributed by atoms with Gasteiger partial charge in [-0.25, -0.2) is 9.13 Å². The van der Waals surface area contributed by atoms with Gasteiger partial charge in [0.05, 0.1) is 26.4 Å². The Morgan fingerprint density at radius 1 is 0.355 bits per heavy atom. The van der Waals surface area contributed by atoms with Crippen LogP contribution in [0, 0.1) is 17.8 Å². The fraction of sp³-hybridized carbons (Fsp3) is 0.892. The van der Waals surface area contributed by atoms with Crippen molar-refractivity contribution in [3.63, 3.8) is 0 Å². The Morgan fingerprint density at radius 3 is 0.957 bits per heavy atom. The first-order chi connectivity index (χ1) is 44.8. The zero-order chi connectivity index (χ0) is 68.7. The Kier molecular flexibility index (Phi) is 62.5. The number of aliphatic hydroxyl groups is 1. The number of hydrogen-bond donors (Lipinski definition) is 3. The molecule has 0 saturated carbocycles. The summed E-state index contributed by atoms with van der Waals surface area (Å²) in [5.74, 6) is 0.132. The number of carbonyl (C=O) groups is 4. The Hall–Kier alpha value is -2.46. The van der Waals surface area contributed by atoms with Crippen molar-refractivity contribution in [2.24, 2.45) is 17.8 Å². The lowest BCUT2D eigenvalue weighted by molar-refractivity contribution is -0.161. The van der Waals surface area contributed by atoms with E-state index < -0.39 is 97.5 Å². The van der Waals surface area contributed by atoms with Gasteiger partial charge in [0.15, 0.2) is 12.2 Å². The maximum atomic E-state index is 13.1. The van der Waals surface area contributed by atoms with Gasteiger partial charge in [0, 0.05) is 25.7 Å². The summed E-state index contributed by atoms with van der Waals surface area (Å²) in [5, 5.41) is 10.6. The molecule has 0 heterocycles. The quantitative estimate of drug-likeness (QED) is 0.0169. The van der Waals surface area contributed by atoms with Crippen molar-refractivity contribution in [3.8, 4) is 0 Å². The first kappa shape index (κ1) is 90.5. The molecular formula is C74H140O17P2. The molecule has 0 saturated heterocycles. The zero-order valence-corrected chi connectivity index (χ0v) is 62.0. The Balaban J connectivity index is 5.30. The van der Waals surface area contributed by atoms with Crippen molar-refractivity contribution in [2.45, 2.75) is 369 Å². The first-order valence-corrected chi connectivity index (χ1v) is 40.7. The topological polar surface area (TPSA) is 237 Å². The SMILES string of the molecule is CCCCCC/C=C\C=C/CCCCCCCC(=O)O[C@H](COC(=O)CCCCCCCCCCCCCCCC(C)C)COP(=O)(O)OC[C@@H](O)COP(=O)(O)OC[C@@H](COC(=O)CCCCCCCCC(C)CC)OC(=O)CCCCCCCCCCC(C)CC. The van der Waals surface area contributed by atoms with E-state index in [2.05, 4.69) is 72.8 Å². The van der Waals surface area contributed by atoms with Gasteiger partial charge in [0.25, 0.3) is 0 Å². The monoisotopic (exact) mass is 1360 g/mol. The second-order valence-corrected chi connectivity index (χ2v) is 29.9. The van der Waals surface area contributed by atoms with E-state index in [1.165, 1.54) is 141 Å². The van der Waals surface area contributed by atoms with Crippen LogP contribution in [0.25, 0.3) is 0 Å². The van der Waals surface area contributed by atoms with Gasteiger partial charge in [-0.3, -0.25) is 37.3 Å². The van der Waals surface area contributed by atoms with Crippen LogP contribution >= 0.6 is 15.6 Å². The number of phosphoric ester groups is 2. The van der Waals surface area contributed by atoms with Gasteiger partial charge in [-0.05, 0) is 69.1 Å². The summed E-state index contributed by atoms with van der Waals surface area (Å²) < 4.78 is 68.4. The molecular weight excluding hydrogens is 1220 g/mol. The summed E-state index contributed by atoms with van der Waals surface area (Å²) in [6, 6.07) is 0. The summed E-state index contributed by atoms with van der Waals surface area (Å²) in [5.41, 5.74) is 0. The second kappa shape index (κ2) is 64.2. The van der Waals surface area contributed by atoms with Gasteiger partial charge in [-0.15, -0.1) is 0 Å². The van der Waals surface area contributed by atoms with E-state index in [0.717, 1.165) is 127 Å². The van der Waals surface area contributed by atoms with Crippen molar-refractivity contribution in [3.05, 3.63) is 24.3 Å². The Morgan fingerprint density at radius 2 is 0.634 bits per heavy atom. The number of carbonyl (C=O) groups excluding carboxylic acids is 4. The third-order valence-electron chi connectivity index (χ3n) is 17.2.